The molecule has 1 aromatic rings. The van der Waals surface area contributed by atoms with E-state index in [-0.39, 0.29) is 17.9 Å². The van der Waals surface area contributed by atoms with Gasteiger partial charge in [0.15, 0.2) is 0 Å². The molecule has 3 rings (SSSR count). The van der Waals surface area contributed by atoms with Crippen LogP contribution in [0, 0.1) is 12.8 Å². The Kier molecular flexibility index (Phi) is 3.78. The SMILES string of the molecule is CCC1C(=O)NC(C2CC2)C(=O)N1c1ccc(C)cc1Br. The summed E-state index contributed by atoms with van der Waals surface area (Å²) in [5.41, 5.74) is 1.91. The smallest absolute Gasteiger partial charge is 0.250 e. The summed E-state index contributed by atoms with van der Waals surface area (Å²) in [4.78, 5) is 26.9. The van der Waals surface area contributed by atoms with Gasteiger partial charge in [-0.15, -0.1) is 0 Å². The summed E-state index contributed by atoms with van der Waals surface area (Å²) in [7, 11) is 0. The minimum absolute atomic E-state index is 0.0218. The van der Waals surface area contributed by atoms with Crippen molar-refractivity contribution in [2.45, 2.75) is 45.2 Å². The molecule has 2 amide bonds. The lowest BCUT2D eigenvalue weighted by Crippen LogP contribution is -2.64. The molecule has 1 saturated heterocycles. The average Bonchev–Trinajstić information content (AvgIpc) is 3.26. The molecule has 0 aromatic heterocycles. The standard InChI is InChI=1S/C16H19BrN2O2/c1-3-12-15(20)18-14(10-5-6-10)16(21)19(12)13-7-4-9(2)8-11(13)17/h4,7-8,10,12,14H,3,5-6H2,1-2H3,(H,18,20). The van der Waals surface area contributed by atoms with Crippen molar-refractivity contribution in [1.29, 1.82) is 0 Å². The van der Waals surface area contributed by atoms with Gasteiger partial charge in [0.25, 0.3) is 5.91 Å². The molecule has 1 N–H and O–H groups in total. The third-order valence-corrected chi connectivity index (χ3v) is 4.89. The summed E-state index contributed by atoms with van der Waals surface area (Å²) < 4.78 is 0.860. The Morgan fingerprint density at radius 3 is 2.62 bits per heavy atom. The van der Waals surface area contributed by atoms with Crippen LogP contribution in [0.25, 0.3) is 0 Å². The van der Waals surface area contributed by atoms with E-state index < -0.39 is 6.04 Å². The second-order valence-corrected chi connectivity index (χ2v) is 6.77. The molecule has 1 saturated carbocycles. The van der Waals surface area contributed by atoms with Crippen LogP contribution in [0.5, 0.6) is 0 Å². The first kappa shape index (κ1) is 14.6. The number of carbonyl (C=O) groups is 2. The Morgan fingerprint density at radius 2 is 2.05 bits per heavy atom. The van der Waals surface area contributed by atoms with Gasteiger partial charge in [-0.05, 0) is 65.7 Å². The predicted molar refractivity (Wildman–Crippen MR) is 85.1 cm³/mol. The number of aryl methyl sites for hydroxylation is 1. The number of halogens is 1. The van der Waals surface area contributed by atoms with Gasteiger partial charge in [-0.2, -0.15) is 0 Å². The molecule has 0 spiro atoms. The van der Waals surface area contributed by atoms with Crippen LogP contribution in [0.3, 0.4) is 0 Å². The Hall–Kier alpha value is -1.36. The molecule has 2 fully saturated rings. The number of hydrogen-bond donors (Lipinski definition) is 1. The lowest BCUT2D eigenvalue weighted by Gasteiger charge is -2.39. The maximum absolute atomic E-state index is 12.8. The van der Waals surface area contributed by atoms with Crippen molar-refractivity contribution in [2.24, 2.45) is 5.92 Å². The molecule has 4 nitrogen and oxygen atoms in total. The van der Waals surface area contributed by atoms with Crippen molar-refractivity contribution in [3.05, 3.63) is 28.2 Å². The molecule has 2 atom stereocenters. The Bertz CT molecular complexity index is 598. The van der Waals surface area contributed by atoms with E-state index in [1.807, 2.05) is 32.0 Å². The van der Waals surface area contributed by atoms with E-state index in [0.717, 1.165) is 28.6 Å². The van der Waals surface area contributed by atoms with E-state index >= 15 is 0 Å². The van der Waals surface area contributed by atoms with E-state index in [4.69, 9.17) is 0 Å². The van der Waals surface area contributed by atoms with Crippen LogP contribution in [0.15, 0.2) is 22.7 Å². The van der Waals surface area contributed by atoms with Gasteiger partial charge in [-0.25, -0.2) is 0 Å². The zero-order valence-corrected chi connectivity index (χ0v) is 13.8. The van der Waals surface area contributed by atoms with Crippen LogP contribution in [0.1, 0.15) is 31.7 Å². The van der Waals surface area contributed by atoms with Crippen molar-refractivity contribution >= 4 is 33.4 Å². The topological polar surface area (TPSA) is 49.4 Å². The minimum atomic E-state index is -0.425. The number of amides is 2. The van der Waals surface area contributed by atoms with Crippen molar-refractivity contribution in [2.75, 3.05) is 4.90 Å². The second kappa shape index (κ2) is 5.44. The zero-order chi connectivity index (χ0) is 15.1. The van der Waals surface area contributed by atoms with Crippen molar-refractivity contribution in [3.8, 4) is 0 Å². The molecule has 5 heteroatoms. The maximum Gasteiger partial charge on any atom is 0.250 e. The molecular formula is C16H19BrN2O2. The lowest BCUT2D eigenvalue weighted by atomic mass is 10.0. The average molecular weight is 351 g/mol. The summed E-state index contributed by atoms with van der Waals surface area (Å²) in [6.45, 7) is 3.94. The van der Waals surface area contributed by atoms with E-state index in [9.17, 15) is 9.59 Å². The summed E-state index contributed by atoms with van der Waals surface area (Å²) in [6, 6.07) is 5.09. The monoisotopic (exact) mass is 350 g/mol. The van der Waals surface area contributed by atoms with Gasteiger partial charge in [-0.1, -0.05) is 13.0 Å². The van der Waals surface area contributed by atoms with Crippen molar-refractivity contribution in [1.82, 2.24) is 5.32 Å². The number of nitrogens with one attached hydrogen (secondary N) is 1. The maximum atomic E-state index is 12.8. The van der Waals surface area contributed by atoms with Crippen molar-refractivity contribution in [3.63, 3.8) is 0 Å². The molecule has 2 aliphatic rings. The summed E-state index contributed by atoms with van der Waals surface area (Å²) >= 11 is 3.53. The third-order valence-electron chi connectivity index (χ3n) is 4.26. The van der Waals surface area contributed by atoms with Crippen LogP contribution in [0.2, 0.25) is 0 Å². The van der Waals surface area contributed by atoms with Gasteiger partial charge in [-0.3, -0.25) is 14.5 Å². The van der Waals surface area contributed by atoms with Gasteiger partial charge in [0.05, 0.1) is 5.69 Å². The third kappa shape index (κ3) is 2.59. The normalized spacial score (nSPS) is 26.0. The summed E-state index contributed by atoms with van der Waals surface area (Å²) in [5, 5.41) is 2.91. The van der Waals surface area contributed by atoms with Crippen LogP contribution in [0.4, 0.5) is 5.69 Å². The zero-order valence-electron chi connectivity index (χ0n) is 12.2. The molecule has 1 aromatic carbocycles. The number of rotatable bonds is 3. The number of anilines is 1. The molecule has 0 radical (unpaired) electrons. The lowest BCUT2D eigenvalue weighted by molar-refractivity contribution is -0.134. The fourth-order valence-electron chi connectivity index (χ4n) is 2.94. The van der Waals surface area contributed by atoms with E-state index in [1.165, 1.54) is 0 Å². The Labute approximate surface area is 133 Å². The predicted octanol–water partition coefficient (Wildman–Crippen LogP) is 2.78. The Morgan fingerprint density at radius 1 is 1.33 bits per heavy atom. The van der Waals surface area contributed by atoms with Crippen LogP contribution >= 0.6 is 15.9 Å². The van der Waals surface area contributed by atoms with Crippen LogP contribution < -0.4 is 10.2 Å². The molecule has 112 valence electrons. The number of piperazine rings is 1. The molecular weight excluding hydrogens is 332 g/mol. The molecule has 21 heavy (non-hydrogen) atoms. The first-order valence-corrected chi connectivity index (χ1v) is 8.21. The number of nitrogens with zero attached hydrogens (tertiary/aromatic N) is 1. The quantitative estimate of drug-likeness (QED) is 0.911. The van der Waals surface area contributed by atoms with Gasteiger partial charge >= 0.3 is 0 Å². The first-order chi connectivity index (χ1) is 10.0. The van der Waals surface area contributed by atoms with Crippen molar-refractivity contribution < 1.29 is 9.59 Å². The number of carbonyl (C=O) groups excluding carboxylic acids is 2. The largest absolute Gasteiger partial charge is 0.342 e. The van der Waals surface area contributed by atoms with E-state index in [0.29, 0.717) is 12.3 Å². The first-order valence-electron chi connectivity index (χ1n) is 7.42. The van der Waals surface area contributed by atoms with Gasteiger partial charge in [0.2, 0.25) is 5.91 Å². The molecule has 1 aliphatic heterocycles. The van der Waals surface area contributed by atoms with E-state index in [2.05, 4.69) is 21.2 Å². The van der Waals surface area contributed by atoms with Gasteiger partial charge < -0.3 is 5.32 Å². The molecule has 0 bridgehead atoms. The van der Waals surface area contributed by atoms with Gasteiger partial charge in [0.1, 0.15) is 12.1 Å². The van der Waals surface area contributed by atoms with Crippen LogP contribution in [-0.2, 0) is 9.59 Å². The molecule has 2 unspecified atom stereocenters. The second-order valence-electron chi connectivity index (χ2n) is 5.91. The highest BCUT2D eigenvalue weighted by Gasteiger charge is 2.47. The number of hydrogen-bond acceptors (Lipinski definition) is 2. The number of benzene rings is 1. The highest BCUT2D eigenvalue weighted by atomic mass is 79.9. The van der Waals surface area contributed by atoms with Crippen LogP contribution in [-0.4, -0.2) is 23.9 Å². The minimum Gasteiger partial charge on any atom is -0.342 e. The Balaban J connectivity index is 2.01. The fraction of sp³-hybridized carbons (Fsp3) is 0.500. The molecule has 1 heterocycles. The highest BCUT2D eigenvalue weighted by molar-refractivity contribution is 9.10. The highest BCUT2D eigenvalue weighted by Crippen LogP contribution is 2.38. The van der Waals surface area contributed by atoms with E-state index in [1.54, 1.807) is 4.90 Å². The summed E-state index contributed by atoms with van der Waals surface area (Å²) in [6.07, 6.45) is 2.65. The summed E-state index contributed by atoms with van der Waals surface area (Å²) in [5.74, 6) is 0.293. The van der Waals surface area contributed by atoms with Gasteiger partial charge in [0, 0.05) is 4.47 Å². The molecule has 1 aliphatic carbocycles. The fourth-order valence-corrected chi connectivity index (χ4v) is 3.63.